The van der Waals surface area contributed by atoms with E-state index in [1.807, 2.05) is 24.3 Å². The van der Waals surface area contributed by atoms with E-state index in [1.165, 1.54) is 6.42 Å². The summed E-state index contributed by atoms with van der Waals surface area (Å²) >= 11 is 0. The van der Waals surface area contributed by atoms with Gasteiger partial charge in [-0.05, 0) is 37.1 Å². The third kappa shape index (κ3) is 3.84. The van der Waals surface area contributed by atoms with Crippen LogP contribution in [-0.2, 0) is 4.74 Å². The second-order valence-corrected chi connectivity index (χ2v) is 4.85. The molecule has 0 amide bonds. The number of unbranched alkanes of at least 4 members (excludes halogenated alkanes) is 1. The van der Waals surface area contributed by atoms with Gasteiger partial charge in [-0.15, -0.1) is 0 Å². The van der Waals surface area contributed by atoms with E-state index < -0.39 is 0 Å². The zero-order chi connectivity index (χ0) is 14.2. The van der Waals surface area contributed by atoms with E-state index >= 15 is 0 Å². The Morgan fingerprint density at radius 1 is 1.20 bits per heavy atom. The van der Waals surface area contributed by atoms with E-state index in [0.29, 0.717) is 5.69 Å². The van der Waals surface area contributed by atoms with E-state index in [0.717, 1.165) is 49.2 Å². The molecule has 0 saturated heterocycles. The van der Waals surface area contributed by atoms with Gasteiger partial charge in [-0.2, -0.15) is 0 Å². The fourth-order valence-corrected chi connectivity index (χ4v) is 2.09. The van der Waals surface area contributed by atoms with Crippen LogP contribution < -0.4 is 11.1 Å². The molecular formula is C16H23N3O. The third-order valence-electron chi connectivity index (χ3n) is 3.22. The minimum absolute atomic E-state index is 0.717. The molecule has 0 saturated carbocycles. The van der Waals surface area contributed by atoms with E-state index in [9.17, 15) is 0 Å². The van der Waals surface area contributed by atoms with Gasteiger partial charge in [0.2, 0.25) is 0 Å². The molecule has 108 valence electrons. The average molecular weight is 273 g/mol. The molecule has 0 unspecified atom stereocenters. The maximum Gasteiger partial charge on any atom is 0.0951 e. The van der Waals surface area contributed by atoms with Crippen molar-refractivity contribution in [3.8, 4) is 0 Å². The van der Waals surface area contributed by atoms with Crippen LogP contribution in [0.15, 0.2) is 30.5 Å². The van der Waals surface area contributed by atoms with Crippen LogP contribution >= 0.6 is 0 Å². The molecule has 20 heavy (non-hydrogen) atoms. The summed E-state index contributed by atoms with van der Waals surface area (Å²) in [6.07, 6.45) is 5.09. The number of hydrogen-bond acceptors (Lipinski definition) is 4. The summed E-state index contributed by atoms with van der Waals surface area (Å²) in [6, 6.07) is 7.88. The van der Waals surface area contributed by atoms with Gasteiger partial charge in [-0.25, -0.2) is 0 Å². The van der Waals surface area contributed by atoms with E-state index in [2.05, 4.69) is 17.2 Å². The van der Waals surface area contributed by atoms with E-state index in [4.69, 9.17) is 10.5 Å². The first kappa shape index (κ1) is 14.6. The highest BCUT2D eigenvalue weighted by Gasteiger charge is 2.03. The van der Waals surface area contributed by atoms with Gasteiger partial charge in [-0.1, -0.05) is 13.3 Å². The molecule has 0 aliphatic rings. The summed E-state index contributed by atoms with van der Waals surface area (Å²) in [5, 5.41) is 4.50. The molecule has 1 aromatic carbocycles. The number of nitrogens with one attached hydrogen (secondary N) is 1. The van der Waals surface area contributed by atoms with Crippen LogP contribution in [0.3, 0.4) is 0 Å². The molecule has 0 aliphatic heterocycles. The van der Waals surface area contributed by atoms with Crippen molar-refractivity contribution < 1.29 is 4.74 Å². The number of anilines is 2. The predicted octanol–water partition coefficient (Wildman–Crippen LogP) is 3.44. The number of nitrogen functional groups attached to an aromatic ring is 1. The summed E-state index contributed by atoms with van der Waals surface area (Å²) in [6.45, 7) is 4.73. The molecule has 0 atom stereocenters. The minimum Gasteiger partial charge on any atom is -0.397 e. The van der Waals surface area contributed by atoms with Crippen molar-refractivity contribution in [2.45, 2.75) is 26.2 Å². The molecule has 0 spiro atoms. The standard InChI is InChI=1S/C16H23N3O/c1-2-3-11-20-12-5-10-18-15-8-7-14(17)16-13(15)6-4-9-19-16/h4,6-9,18H,2-3,5,10-12,17H2,1H3. The molecule has 1 aromatic heterocycles. The fraction of sp³-hybridized carbons (Fsp3) is 0.438. The van der Waals surface area contributed by atoms with E-state index in [-0.39, 0.29) is 0 Å². The van der Waals surface area contributed by atoms with Gasteiger partial charge in [0.1, 0.15) is 0 Å². The van der Waals surface area contributed by atoms with Crippen LogP contribution in [0.25, 0.3) is 10.9 Å². The number of hydrogen-bond donors (Lipinski definition) is 2. The molecule has 1 heterocycles. The number of nitrogens with zero attached hydrogens (tertiary/aromatic N) is 1. The van der Waals surface area contributed by atoms with Crippen molar-refractivity contribution in [1.29, 1.82) is 0 Å². The second kappa shape index (κ2) is 7.70. The Morgan fingerprint density at radius 2 is 2.05 bits per heavy atom. The number of benzene rings is 1. The average Bonchev–Trinajstić information content (AvgIpc) is 2.49. The highest BCUT2D eigenvalue weighted by molar-refractivity contribution is 5.98. The lowest BCUT2D eigenvalue weighted by molar-refractivity contribution is 0.131. The molecule has 0 radical (unpaired) electrons. The highest BCUT2D eigenvalue weighted by Crippen LogP contribution is 2.26. The summed E-state index contributed by atoms with van der Waals surface area (Å²) < 4.78 is 5.55. The topological polar surface area (TPSA) is 60.2 Å². The van der Waals surface area contributed by atoms with Crippen LogP contribution in [-0.4, -0.2) is 24.7 Å². The first-order valence-electron chi connectivity index (χ1n) is 7.27. The Bertz CT molecular complexity index is 542. The molecular weight excluding hydrogens is 250 g/mol. The monoisotopic (exact) mass is 273 g/mol. The molecule has 4 nitrogen and oxygen atoms in total. The van der Waals surface area contributed by atoms with Gasteiger partial charge in [0.15, 0.2) is 0 Å². The Kier molecular flexibility index (Phi) is 5.62. The number of pyridine rings is 1. The zero-order valence-electron chi connectivity index (χ0n) is 12.1. The summed E-state index contributed by atoms with van der Waals surface area (Å²) in [5.74, 6) is 0. The van der Waals surface area contributed by atoms with Gasteiger partial charge in [0, 0.05) is 37.0 Å². The highest BCUT2D eigenvalue weighted by atomic mass is 16.5. The first-order chi connectivity index (χ1) is 9.83. The fourth-order valence-electron chi connectivity index (χ4n) is 2.09. The van der Waals surface area contributed by atoms with Crippen LogP contribution in [0, 0.1) is 0 Å². The number of ether oxygens (including phenoxy) is 1. The maximum absolute atomic E-state index is 5.94. The number of rotatable bonds is 8. The van der Waals surface area contributed by atoms with Crippen LogP contribution in [0.4, 0.5) is 11.4 Å². The lowest BCUT2D eigenvalue weighted by Crippen LogP contribution is -2.07. The lowest BCUT2D eigenvalue weighted by atomic mass is 10.1. The second-order valence-electron chi connectivity index (χ2n) is 4.85. The normalized spacial score (nSPS) is 10.8. The van der Waals surface area contributed by atoms with Gasteiger partial charge < -0.3 is 15.8 Å². The number of fused-ring (bicyclic) bond motifs is 1. The largest absolute Gasteiger partial charge is 0.397 e. The quantitative estimate of drug-likeness (QED) is 0.571. The Labute approximate surface area is 120 Å². The van der Waals surface area contributed by atoms with Gasteiger partial charge >= 0.3 is 0 Å². The SMILES string of the molecule is CCCCOCCCNc1ccc(N)c2ncccc12. The summed E-state index contributed by atoms with van der Waals surface area (Å²) in [4.78, 5) is 4.33. The van der Waals surface area contributed by atoms with Crippen molar-refractivity contribution in [2.24, 2.45) is 0 Å². The van der Waals surface area contributed by atoms with Crippen LogP contribution in [0.5, 0.6) is 0 Å². The van der Waals surface area contributed by atoms with Crippen LogP contribution in [0.1, 0.15) is 26.2 Å². The van der Waals surface area contributed by atoms with Crippen molar-refractivity contribution in [1.82, 2.24) is 4.98 Å². The maximum atomic E-state index is 5.94. The van der Waals surface area contributed by atoms with Gasteiger partial charge in [0.25, 0.3) is 0 Å². The molecule has 2 aromatic rings. The van der Waals surface area contributed by atoms with Gasteiger partial charge in [0.05, 0.1) is 11.2 Å². The molecule has 2 rings (SSSR count). The zero-order valence-corrected chi connectivity index (χ0v) is 12.1. The molecule has 0 fully saturated rings. The first-order valence-corrected chi connectivity index (χ1v) is 7.27. The van der Waals surface area contributed by atoms with Gasteiger partial charge in [-0.3, -0.25) is 4.98 Å². The molecule has 0 bridgehead atoms. The van der Waals surface area contributed by atoms with Crippen molar-refractivity contribution in [2.75, 3.05) is 30.8 Å². The molecule has 3 N–H and O–H groups in total. The van der Waals surface area contributed by atoms with Crippen molar-refractivity contribution >= 4 is 22.3 Å². The van der Waals surface area contributed by atoms with E-state index in [1.54, 1.807) is 6.20 Å². The minimum atomic E-state index is 0.717. The summed E-state index contributed by atoms with van der Waals surface area (Å²) in [7, 11) is 0. The molecule has 0 aliphatic carbocycles. The number of aromatic nitrogens is 1. The lowest BCUT2D eigenvalue weighted by Gasteiger charge is -2.11. The predicted molar refractivity (Wildman–Crippen MR) is 85.0 cm³/mol. The smallest absolute Gasteiger partial charge is 0.0951 e. The van der Waals surface area contributed by atoms with Crippen molar-refractivity contribution in [3.63, 3.8) is 0 Å². The Morgan fingerprint density at radius 3 is 2.90 bits per heavy atom. The third-order valence-corrected chi connectivity index (χ3v) is 3.22. The number of nitrogens with two attached hydrogens (primary N) is 1. The van der Waals surface area contributed by atoms with Crippen LogP contribution in [0.2, 0.25) is 0 Å². The Balaban J connectivity index is 1.86. The summed E-state index contributed by atoms with van der Waals surface area (Å²) in [5.41, 5.74) is 8.59. The molecule has 4 heteroatoms. The Hall–Kier alpha value is -1.81. The van der Waals surface area contributed by atoms with Crippen molar-refractivity contribution in [3.05, 3.63) is 30.5 Å².